The van der Waals surface area contributed by atoms with Crippen LogP contribution < -0.4 is 5.32 Å². The Balaban J connectivity index is 1.47. The third-order valence-electron chi connectivity index (χ3n) is 5.84. The highest BCUT2D eigenvalue weighted by Crippen LogP contribution is 2.31. The molecule has 2 heterocycles. The van der Waals surface area contributed by atoms with E-state index in [1.54, 1.807) is 34.1 Å². The third kappa shape index (κ3) is 4.26. The largest absolute Gasteiger partial charge is 0.450 e. The van der Waals surface area contributed by atoms with E-state index in [9.17, 15) is 9.59 Å². The summed E-state index contributed by atoms with van der Waals surface area (Å²) in [5.74, 6) is 0.277. The molecule has 0 atom stereocenters. The average Bonchev–Trinajstić information content (AvgIpc) is 2.94. The number of hydrogen-bond donors (Lipinski definition) is 1. The van der Waals surface area contributed by atoms with E-state index < -0.39 is 0 Å². The van der Waals surface area contributed by atoms with Crippen LogP contribution in [0, 0.1) is 20.8 Å². The van der Waals surface area contributed by atoms with E-state index in [-0.39, 0.29) is 11.9 Å². The second-order valence-electron chi connectivity index (χ2n) is 8.03. The molecule has 6 nitrogen and oxygen atoms in total. The summed E-state index contributed by atoms with van der Waals surface area (Å²) in [6, 6.07) is 10.9. The first-order valence-electron chi connectivity index (χ1n) is 10.4. The first-order chi connectivity index (χ1) is 14.8. The molecular weight excluding hydrogens is 414 g/mol. The number of halogens is 1. The summed E-state index contributed by atoms with van der Waals surface area (Å²) in [7, 11) is 0. The van der Waals surface area contributed by atoms with Gasteiger partial charge < -0.3 is 19.5 Å². The van der Waals surface area contributed by atoms with Crippen LogP contribution in [-0.2, 0) is 0 Å². The first-order valence-corrected chi connectivity index (χ1v) is 10.8. The Morgan fingerprint density at radius 3 is 2.26 bits per heavy atom. The minimum absolute atomic E-state index is 0.118. The number of nitrogens with zero attached hydrogens (tertiary/aromatic N) is 2. The van der Waals surface area contributed by atoms with Crippen molar-refractivity contribution in [3.8, 4) is 0 Å². The SMILES string of the molecule is Cc1ccc(C)c2c(C)c(C(=O)N3CCCN(C(=O)Nc4ccc(Cl)cc4)CC3)oc12. The summed E-state index contributed by atoms with van der Waals surface area (Å²) in [6.07, 6.45) is 0.705. The standard InChI is InChI=1S/C24H26ClN3O3/c1-15-5-6-16(2)21-20(15)17(3)22(31-21)23(29)27-11-4-12-28(14-13-27)24(30)26-19-9-7-18(25)8-10-19/h5-10H,4,11-14H2,1-3H3,(H,26,30). The van der Waals surface area contributed by atoms with Crippen LogP contribution in [0.15, 0.2) is 40.8 Å². The number of benzene rings is 2. The molecule has 0 spiro atoms. The minimum Gasteiger partial charge on any atom is -0.450 e. The number of carbonyl (C=O) groups is 2. The molecule has 2 aromatic carbocycles. The quantitative estimate of drug-likeness (QED) is 0.582. The van der Waals surface area contributed by atoms with E-state index in [0.717, 1.165) is 27.7 Å². The molecule has 1 fully saturated rings. The zero-order valence-corrected chi connectivity index (χ0v) is 18.8. The van der Waals surface area contributed by atoms with E-state index >= 15 is 0 Å². The van der Waals surface area contributed by atoms with Gasteiger partial charge in [-0.1, -0.05) is 23.7 Å². The second kappa shape index (κ2) is 8.63. The lowest BCUT2D eigenvalue weighted by Crippen LogP contribution is -2.39. The fourth-order valence-corrected chi connectivity index (χ4v) is 4.21. The van der Waals surface area contributed by atoms with Crippen LogP contribution in [0.3, 0.4) is 0 Å². The molecule has 0 unspecified atom stereocenters. The zero-order chi connectivity index (χ0) is 22.1. The predicted octanol–water partition coefficient (Wildman–Crippen LogP) is 5.39. The Kier molecular flexibility index (Phi) is 5.92. The third-order valence-corrected chi connectivity index (χ3v) is 6.09. The molecule has 3 aromatic rings. The van der Waals surface area contributed by atoms with Gasteiger partial charge in [0, 0.05) is 47.8 Å². The van der Waals surface area contributed by atoms with E-state index in [1.807, 2.05) is 26.8 Å². The topological polar surface area (TPSA) is 65.8 Å². The Morgan fingerprint density at radius 1 is 0.903 bits per heavy atom. The van der Waals surface area contributed by atoms with Crippen LogP contribution in [0.4, 0.5) is 10.5 Å². The van der Waals surface area contributed by atoms with Gasteiger partial charge in [-0.15, -0.1) is 0 Å². The lowest BCUT2D eigenvalue weighted by molar-refractivity contribution is 0.0732. The first kappa shape index (κ1) is 21.2. The van der Waals surface area contributed by atoms with Gasteiger partial charge >= 0.3 is 6.03 Å². The maximum Gasteiger partial charge on any atom is 0.321 e. The number of aryl methyl sites for hydroxylation is 3. The van der Waals surface area contributed by atoms with Crippen LogP contribution in [0.25, 0.3) is 11.0 Å². The predicted molar refractivity (Wildman–Crippen MR) is 123 cm³/mol. The molecule has 162 valence electrons. The van der Waals surface area contributed by atoms with E-state index in [1.165, 1.54) is 0 Å². The lowest BCUT2D eigenvalue weighted by Gasteiger charge is -2.22. The molecule has 0 saturated carbocycles. The maximum absolute atomic E-state index is 13.3. The monoisotopic (exact) mass is 439 g/mol. The van der Waals surface area contributed by atoms with Gasteiger partial charge in [0.25, 0.3) is 5.91 Å². The summed E-state index contributed by atoms with van der Waals surface area (Å²) < 4.78 is 6.03. The molecule has 1 N–H and O–H groups in total. The molecule has 1 aromatic heterocycles. The molecule has 1 saturated heterocycles. The van der Waals surface area contributed by atoms with Gasteiger partial charge in [0.1, 0.15) is 5.58 Å². The van der Waals surface area contributed by atoms with Gasteiger partial charge in [-0.2, -0.15) is 0 Å². The van der Waals surface area contributed by atoms with Crippen molar-refractivity contribution in [1.82, 2.24) is 9.80 Å². The minimum atomic E-state index is -0.178. The zero-order valence-electron chi connectivity index (χ0n) is 18.0. The van der Waals surface area contributed by atoms with Gasteiger partial charge in [0.15, 0.2) is 5.76 Å². The number of urea groups is 1. The van der Waals surface area contributed by atoms with Crippen LogP contribution >= 0.6 is 11.6 Å². The maximum atomic E-state index is 13.3. The Hall–Kier alpha value is -2.99. The van der Waals surface area contributed by atoms with Gasteiger partial charge in [0.05, 0.1) is 0 Å². The van der Waals surface area contributed by atoms with Crippen molar-refractivity contribution in [3.05, 3.63) is 63.9 Å². The van der Waals surface area contributed by atoms with Crippen molar-refractivity contribution < 1.29 is 14.0 Å². The summed E-state index contributed by atoms with van der Waals surface area (Å²) in [6.45, 7) is 8.04. The summed E-state index contributed by atoms with van der Waals surface area (Å²) in [4.78, 5) is 29.4. The van der Waals surface area contributed by atoms with Gasteiger partial charge in [0.2, 0.25) is 0 Å². The van der Waals surface area contributed by atoms with Crippen molar-refractivity contribution >= 4 is 40.2 Å². The molecule has 4 rings (SSSR count). The second-order valence-corrected chi connectivity index (χ2v) is 8.47. The van der Waals surface area contributed by atoms with E-state index in [2.05, 4.69) is 11.4 Å². The van der Waals surface area contributed by atoms with Crippen molar-refractivity contribution in [2.45, 2.75) is 27.2 Å². The highest BCUT2D eigenvalue weighted by atomic mass is 35.5. The molecule has 7 heteroatoms. The fraction of sp³-hybridized carbons (Fsp3) is 0.333. The van der Waals surface area contributed by atoms with Gasteiger partial charge in [-0.25, -0.2) is 4.79 Å². The summed E-state index contributed by atoms with van der Waals surface area (Å²) >= 11 is 5.90. The Bertz CT molecular complexity index is 1140. The van der Waals surface area contributed by atoms with E-state index in [4.69, 9.17) is 16.0 Å². The molecule has 1 aliphatic heterocycles. The Morgan fingerprint density at radius 2 is 1.55 bits per heavy atom. The highest BCUT2D eigenvalue weighted by molar-refractivity contribution is 6.30. The number of furan rings is 1. The molecule has 0 aliphatic carbocycles. The number of nitrogens with one attached hydrogen (secondary N) is 1. The van der Waals surface area contributed by atoms with Gasteiger partial charge in [-0.3, -0.25) is 4.79 Å². The van der Waals surface area contributed by atoms with Crippen molar-refractivity contribution in [1.29, 1.82) is 0 Å². The normalized spacial score (nSPS) is 14.6. The van der Waals surface area contributed by atoms with Crippen molar-refractivity contribution in [2.75, 3.05) is 31.5 Å². The molecule has 0 bridgehead atoms. The highest BCUT2D eigenvalue weighted by Gasteiger charge is 2.27. The number of fused-ring (bicyclic) bond motifs is 1. The molecule has 1 aliphatic rings. The van der Waals surface area contributed by atoms with Crippen molar-refractivity contribution in [3.63, 3.8) is 0 Å². The summed E-state index contributed by atoms with van der Waals surface area (Å²) in [5.41, 5.74) is 4.46. The smallest absolute Gasteiger partial charge is 0.321 e. The summed E-state index contributed by atoms with van der Waals surface area (Å²) in [5, 5.41) is 4.52. The lowest BCUT2D eigenvalue weighted by atomic mass is 10.0. The number of carbonyl (C=O) groups excluding carboxylic acids is 2. The van der Waals surface area contributed by atoms with Crippen LogP contribution in [0.5, 0.6) is 0 Å². The molecule has 31 heavy (non-hydrogen) atoms. The molecular formula is C24H26ClN3O3. The molecule has 3 amide bonds. The average molecular weight is 440 g/mol. The van der Waals surface area contributed by atoms with Crippen molar-refractivity contribution in [2.24, 2.45) is 0 Å². The number of anilines is 1. The van der Waals surface area contributed by atoms with Crippen LogP contribution in [0.1, 0.15) is 33.7 Å². The van der Waals surface area contributed by atoms with Crippen LogP contribution in [0.2, 0.25) is 5.02 Å². The number of amides is 3. The van der Waals surface area contributed by atoms with E-state index in [0.29, 0.717) is 49.1 Å². The van der Waals surface area contributed by atoms with Crippen LogP contribution in [-0.4, -0.2) is 47.9 Å². The molecule has 0 radical (unpaired) electrons. The van der Waals surface area contributed by atoms with Gasteiger partial charge in [-0.05, 0) is 62.6 Å². The fourth-order valence-electron chi connectivity index (χ4n) is 4.08. The number of hydrogen-bond acceptors (Lipinski definition) is 3. The number of rotatable bonds is 2. The Labute approximate surface area is 186 Å².